The molecule has 1 unspecified atom stereocenters. The second-order valence-electron chi connectivity index (χ2n) is 6.74. The number of hydrogen-bond donors (Lipinski definition) is 2. The van der Waals surface area contributed by atoms with Crippen molar-refractivity contribution >= 4 is 46.7 Å². The molecule has 2 rings (SSSR count). The SMILES string of the molecule is Cc1[nH]c(C(=O)OC(C)C(=O)Nc2cc(Cl)ccc2Cl)c(C)c1C(=O)OC(C)C. The molecule has 9 heteroatoms. The number of H-pyrrole nitrogens is 1. The van der Waals surface area contributed by atoms with Gasteiger partial charge < -0.3 is 19.8 Å². The van der Waals surface area contributed by atoms with Crippen molar-refractivity contribution in [1.29, 1.82) is 0 Å². The van der Waals surface area contributed by atoms with E-state index in [2.05, 4.69) is 10.3 Å². The summed E-state index contributed by atoms with van der Waals surface area (Å²) in [5.74, 6) is -1.89. The fourth-order valence-electron chi connectivity index (χ4n) is 2.63. The van der Waals surface area contributed by atoms with Gasteiger partial charge in [-0.25, -0.2) is 9.59 Å². The third-order valence-corrected chi connectivity index (χ3v) is 4.59. The molecule has 1 amide bonds. The van der Waals surface area contributed by atoms with E-state index in [9.17, 15) is 14.4 Å². The lowest BCUT2D eigenvalue weighted by atomic mass is 10.1. The van der Waals surface area contributed by atoms with Crippen LogP contribution in [0, 0.1) is 13.8 Å². The van der Waals surface area contributed by atoms with Gasteiger partial charge in [0.2, 0.25) is 0 Å². The van der Waals surface area contributed by atoms with Gasteiger partial charge >= 0.3 is 11.9 Å². The van der Waals surface area contributed by atoms with Crippen molar-refractivity contribution in [3.8, 4) is 0 Å². The van der Waals surface area contributed by atoms with Crippen molar-refractivity contribution in [2.45, 2.75) is 46.8 Å². The maximum absolute atomic E-state index is 12.5. The zero-order chi connectivity index (χ0) is 21.9. The minimum atomic E-state index is -1.12. The lowest BCUT2D eigenvalue weighted by Gasteiger charge is -2.14. The van der Waals surface area contributed by atoms with Crippen LogP contribution in [0.4, 0.5) is 5.69 Å². The molecular formula is C20H22Cl2N2O5. The van der Waals surface area contributed by atoms with Crippen LogP contribution in [0.1, 0.15) is 52.9 Å². The van der Waals surface area contributed by atoms with Crippen LogP contribution in [0.5, 0.6) is 0 Å². The number of esters is 2. The Morgan fingerprint density at radius 3 is 2.31 bits per heavy atom. The Hall–Kier alpha value is -2.51. The number of amides is 1. The lowest BCUT2D eigenvalue weighted by molar-refractivity contribution is -0.123. The first kappa shape index (κ1) is 22.8. The summed E-state index contributed by atoms with van der Waals surface area (Å²) in [4.78, 5) is 40.0. The normalized spacial score (nSPS) is 11.9. The van der Waals surface area contributed by atoms with Crippen LogP contribution in [0.2, 0.25) is 10.0 Å². The molecule has 29 heavy (non-hydrogen) atoms. The second-order valence-corrected chi connectivity index (χ2v) is 7.58. The van der Waals surface area contributed by atoms with Crippen LogP contribution in [-0.2, 0) is 14.3 Å². The number of carbonyl (C=O) groups is 3. The molecule has 0 radical (unpaired) electrons. The summed E-state index contributed by atoms with van der Waals surface area (Å²) in [6.45, 7) is 8.14. The third-order valence-electron chi connectivity index (χ3n) is 4.03. The van der Waals surface area contributed by atoms with E-state index in [1.165, 1.54) is 13.0 Å². The van der Waals surface area contributed by atoms with Crippen LogP contribution < -0.4 is 5.32 Å². The van der Waals surface area contributed by atoms with E-state index in [4.69, 9.17) is 32.7 Å². The lowest BCUT2D eigenvalue weighted by Crippen LogP contribution is -2.30. The second kappa shape index (κ2) is 9.33. The van der Waals surface area contributed by atoms with Crippen molar-refractivity contribution in [3.63, 3.8) is 0 Å². The molecule has 0 aliphatic heterocycles. The van der Waals surface area contributed by atoms with Crippen molar-refractivity contribution in [1.82, 2.24) is 4.98 Å². The van der Waals surface area contributed by atoms with Crippen LogP contribution in [0.3, 0.4) is 0 Å². The average Bonchev–Trinajstić information content (AvgIpc) is 2.91. The summed E-state index contributed by atoms with van der Waals surface area (Å²) in [6.07, 6.45) is -1.42. The molecule has 1 aromatic heterocycles. The topological polar surface area (TPSA) is 97.5 Å². The molecule has 156 valence electrons. The summed E-state index contributed by atoms with van der Waals surface area (Å²) in [5.41, 5.74) is 1.52. The Labute approximate surface area is 178 Å². The number of aryl methyl sites for hydroxylation is 1. The summed E-state index contributed by atoms with van der Waals surface area (Å²) in [7, 11) is 0. The van der Waals surface area contributed by atoms with E-state index in [1.54, 1.807) is 39.8 Å². The fourth-order valence-corrected chi connectivity index (χ4v) is 2.97. The molecule has 0 fully saturated rings. The zero-order valence-corrected chi connectivity index (χ0v) is 18.2. The number of halogens is 2. The van der Waals surface area contributed by atoms with E-state index < -0.39 is 23.9 Å². The predicted molar refractivity (Wildman–Crippen MR) is 111 cm³/mol. The number of rotatable bonds is 6. The first-order valence-electron chi connectivity index (χ1n) is 8.88. The number of aromatic amines is 1. The van der Waals surface area contributed by atoms with Gasteiger partial charge in [0.1, 0.15) is 5.69 Å². The van der Waals surface area contributed by atoms with Gasteiger partial charge in [-0.3, -0.25) is 4.79 Å². The molecule has 0 bridgehead atoms. The largest absolute Gasteiger partial charge is 0.459 e. The van der Waals surface area contributed by atoms with Gasteiger partial charge in [-0.15, -0.1) is 0 Å². The van der Waals surface area contributed by atoms with E-state index >= 15 is 0 Å². The Morgan fingerprint density at radius 2 is 1.69 bits per heavy atom. The quantitative estimate of drug-likeness (QED) is 0.634. The molecule has 0 aliphatic carbocycles. The van der Waals surface area contributed by atoms with Crippen molar-refractivity contribution in [2.24, 2.45) is 0 Å². The molecule has 0 saturated carbocycles. The van der Waals surface area contributed by atoms with Crippen molar-refractivity contribution < 1.29 is 23.9 Å². The first-order chi connectivity index (χ1) is 13.5. The summed E-state index contributed by atoms with van der Waals surface area (Å²) < 4.78 is 10.4. The molecule has 7 nitrogen and oxygen atoms in total. The fraction of sp³-hybridized carbons (Fsp3) is 0.350. The van der Waals surface area contributed by atoms with E-state index in [1.807, 2.05) is 0 Å². The van der Waals surface area contributed by atoms with Crippen LogP contribution >= 0.6 is 23.2 Å². The molecule has 1 atom stereocenters. The van der Waals surface area contributed by atoms with Crippen molar-refractivity contribution in [2.75, 3.05) is 5.32 Å². The van der Waals surface area contributed by atoms with E-state index in [0.717, 1.165) is 0 Å². The summed E-state index contributed by atoms with van der Waals surface area (Å²) >= 11 is 11.9. The Kier molecular flexibility index (Phi) is 7.32. The zero-order valence-electron chi connectivity index (χ0n) is 16.7. The smallest absolute Gasteiger partial charge is 0.355 e. The highest BCUT2D eigenvalue weighted by atomic mass is 35.5. The summed E-state index contributed by atoms with van der Waals surface area (Å²) in [5, 5.41) is 3.25. The van der Waals surface area contributed by atoms with Crippen LogP contribution in [0.15, 0.2) is 18.2 Å². The maximum atomic E-state index is 12.5. The van der Waals surface area contributed by atoms with Gasteiger partial charge in [-0.2, -0.15) is 0 Å². The highest BCUT2D eigenvalue weighted by Gasteiger charge is 2.27. The van der Waals surface area contributed by atoms with Crippen molar-refractivity contribution in [3.05, 3.63) is 50.8 Å². The van der Waals surface area contributed by atoms with E-state index in [0.29, 0.717) is 27.0 Å². The standard InChI is InChI=1S/C20H22Cl2N2O5/c1-9(2)28-19(26)16-10(3)17(23-11(16)4)20(27)29-12(5)18(25)24-15-8-13(21)6-7-14(15)22/h6-9,12,23H,1-5H3,(H,24,25). The maximum Gasteiger partial charge on any atom is 0.355 e. The Balaban J connectivity index is 2.12. The van der Waals surface area contributed by atoms with Crippen LogP contribution in [-0.4, -0.2) is 35.0 Å². The van der Waals surface area contributed by atoms with Gasteiger partial charge in [0.05, 0.1) is 22.4 Å². The molecule has 2 aromatic rings. The Morgan fingerprint density at radius 1 is 1.03 bits per heavy atom. The average molecular weight is 441 g/mol. The minimum Gasteiger partial charge on any atom is -0.459 e. The number of benzene rings is 1. The number of ether oxygens (including phenoxy) is 2. The molecule has 2 N–H and O–H groups in total. The minimum absolute atomic E-state index is 0.0821. The highest BCUT2D eigenvalue weighted by molar-refractivity contribution is 6.35. The van der Waals surface area contributed by atoms with E-state index in [-0.39, 0.29) is 17.4 Å². The molecule has 0 saturated heterocycles. The van der Waals surface area contributed by atoms with Gasteiger partial charge in [0, 0.05) is 10.7 Å². The number of anilines is 1. The first-order valence-corrected chi connectivity index (χ1v) is 9.63. The molecular weight excluding hydrogens is 419 g/mol. The molecule has 1 heterocycles. The molecule has 0 aliphatic rings. The number of carbonyl (C=O) groups excluding carboxylic acids is 3. The monoisotopic (exact) mass is 440 g/mol. The van der Waals surface area contributed by atoms with Gasteiger partial charge in [0.25, 0.3) is 5.91 Å². The van der Waals surface area contributed by atoms with Gasteiger partial charge in [-0.05, 0) is 58.4 Å². The number of hydrogen-bond acceptors (Lipinski definition) is 5. The highest BCUT2D eigenvalue weighted by Crippen LogP contribution is 2.26. The number of nitrogens with one attached hydrogen (secondary N) is 2. The third kappa shape index (κ3) is 5.52. The Bertz CT molecular complexity index is 953. The van der Waals surface area contributed by atoms with Gasteiger partial charge in [0.15, 0.2) is 6.10 Å². The number of aromatic nitrogens is 1. The predicted octanol–water partition coefficient (Wildman–Crippen LogP) is 4.69. The van der Waals surface area contributed by atoms with Gasteiger partial charge in [-0.1, -0.05) is 23.2 Å². The van der Waals surface area contributed by atoms with Crippen LogP contribution in [0.25, 0.3) is 0 Å². The summed E-state index contributed by atoms with van der Waals surface area (Å²) in [6, 6.07) is 4.61. The molecule has 0 spiro atoms. The molecule has 1 aromatic carbocycles.